The second-order valence-corrected chi connectivity index (χ2v) is 6.76. The molecule has 3 rings (SSSR count). The van der Waals surface area contributed by atoms with Gasteiger partial charge in [-0.15, -0.1) is 0 Å². The van der Waals surface area contributed by atoms with Crippen molar-refractivity contribution in [2.45, 2.75) is 32.4 Å². The van der Waals surface area contributed by atoms with Gasteiger partial charge in [-0.05, 0) is 37.5 Å². The lowest BCUT2D eigenvalue weighted by molar-refractivity contribution is 0.190. The normalized spacial score (nSPS) is 15.7. The third kappa shape index (κ3) is 5.02. The SMILES string of the molecule is Cc1cccc(CN2CCC(NC(=O)Nc3ccc(F)cc3F)CC2)c1. The molecule has 0 aromatic heterocycles. The Morgan fingerprint density at radius 1 is 1.15 bits per heavy atom. The third-order valence-electron chi connectivity index (χ3n) is 4.59. The van der Waals surface area contributed by atoms with Crippen molar-refractivity contribution in [3.8, 4) is 0 Å². The topological polar surface area (TPSA) is 44.4 Å². The number of piperidine rings is 1. The minimum Gasteiger partial charge on any atom is -0.335 e. The maximum absolute atomic E-state index is 13.6. The lowest BCUT2D eigenvalue weighted by Crippen LogP contribution is -2.45. The van der Waals surface area contributed by atoms with Crippen LogP contribution in [0.3, 0.4) is 0 Å². The molecule has 2 N–H and O–H groups in total. The molecule has 0 unspecified atom stereocenters. The number of nitrogens with zero attached hydrogens (tertiary/aromatic N) is 1. The number of likely N-dealkylation sites (tertiary alicyclic amines) is 1. The molecular formula is C20H23F2N3O. The molecule has 1 saturated heterocycles. The number of hydrogen-bond acceptors (Lipinski definition) is 2. The van der Waals surface area contributed by atoms with Crippen LogP contribution in [-0.4, -0.2) is 30.1 Å². The van der Waals surface area contributed by atoms with Crippen molar-refractivity contribution < 1.29 is 13.6 Å². The number of halogens is 2. The minimum absolute atomic E-state index is 0.0271. The molecule has 1 aliphatic heterocycles. The molecule has 4 nitrogen and oxygen atoms in total. The highest BCUT2D eigenvalue weighted by Crippen LogP contribution is 2.17. The van der Waals surface area contributed by atoms with Crippen molar-refractivity contribution >= 4 is 11.7 Å². The molecular weight excluding hydrogens is 336 g/mol. The molecule has 1 heterocycles. The lowest BCUT2D eigenvalue weighted by atomic mass is 10.0. The van der Waals surface area contributed by atoms with E-state index in [9.17, 15) is 13.6 Å². The molecule has 6 heteroatoms. The molecule has 0 aliphatic carbocycles. The van der Waals surface area contributed by atoms with Gasteiger partial charge in [-0.3, -0.25) is 4.90 Å². The smallest absolute Gasteiger partial charge is 0.319 e. The van der Waals surface area contributed by atoms with Crippen LogP contribution in [-0.2, 0) is 6.54 Å². The van der Waals surface area contributed by atoms with E-state index in [1.807, 2.05) is 0 Å². The van der Waals surface area contributed by atoms with E-state index >= 15 is 0 Å². The second-order valence-electron chi connectivity index (χ2n) is 6.76. The summed E-state index contributed by atoms with van der Waals surface area (Å²) in [6.45, 7) is 4.78. The van der Waals surface area contributed by atoms with Crippen LogP contribution in [0, 0.1) is 18.6 Å². The van der Waals surface area contributed by atoms with E-state index in [4.69, 9.17) is 0 Å². The van der Waals surface area contributed by atoms with Crippen LogP contribution in [0.5, 0.6) is 0 Å². The molecule has 1 aliphatic rings. The molecule has 1 fully saturated rings. The molecule has 2 aromatic carbocycles. The highest BCUT2D eigenvalue weighted by molar-refractivity contribution is 5.89. The van der Waals surface area contributed by atoms with Crippen LogP contribution in [0.1, 0.15) is 24.0 Å². The van der Waals surface area contributed by atoms with Gasteiger partial charge in [0, 0.05) is 31.7 Å². The zero-order valence-electron chi connectivity index (χ0n) is 14.8. The number of aryl methyl sites for hydroxylation is 1. The number of anilines is 1. The van der Waals surface area contributed by atoms with E-state index in [2.05, 4.69) is 46.7 Å². The predicted molar refractivity (Wildman–Crippen MR) is 98.0 cm³/mol. The molecule has 0 atom stereocenters. The average Bonchev–Trinajstić information content (AvgIpc) is 2.59. The van der Waals surface area contributed by atoms with Crippen LogP contribution < -0.4 is 10.6 Å². The molecule has 0 spiro atoms. The first kappa shape index (κ1) is 18.3. The van der Waals surface area contributed by atoms with E-state index in [1.54, 1.807) is 0 Å². The van der Waals surface area contributed by atoms with Crippen LogP contribution in [0.25, 0.3) is 0 Å². The third-order valence-corrected chi connectivity index (χ3v) is 4.59. The number of nitrogens with one attached hydrogen (secondary N) is 2. The maximum atomic E-state index is 13.6. The van der Waals surface area contributed by atoms with Gasteiger partial charge in [0.25, 0.3) is 0 Å². The van der Waals surface area contributed by atoms with Gasteiger partial charge in [-0.1, -0.05) is 29.8 Å². The van der Waals surface area contributed by atoms with Gasteiger partial charge < -0.3 is 10.6 Å². The summed E-state index contributed by atoms with van der Waals surface area (Å²) >= 11 is 0. The first-order chi connectivity index (χ1) is 12.5. The largest absolute Gasteiger partial charge is 0.335 e. The lowest BCUT2D eigenvalue weighted by Gasteiger charge is -2.32. The Labute approximate surface area is 152 Å². The number of carbonyl (C=O) groups excluding carboxylic acids is 1. The number of carbonyl (C=O) groups is 1. The number of hydrogen-bond donors (Lipinski definition) is 2. The zero-order chi connectivity index (χ0) is 18.5. The first-order valence-corrected chi connectivity index (χ1v) is 8.80. The van der Waals surface area contributed by atoms with Gasteiger partial charge in [-0.25, -0.2) is 13.6 Å². The number of amides is 2. The Bertz CT molecular complexity index is 773. The Morgan fingerprint density at radius 2 is 1.92 bits per heavy atom. The fourth-order valence-electron chi connectivity index (χ4n) is 3.24. The monoisotopic (exact) mass is 359 g/mol. The van der Waals surface area contributed by atoms with E-state index in [0.717, 1.165) is 44.6 Å². The standard InChI is InChI=1S/C20H23F2N3O/c1-14-3-2-4-15(11-14)13-25-9-7-17(8-10-25)23-20(26)24-19-6-5-16(21)12-18(19)22/h2-6,11-12,17H,7-10,13H2,1H3,(H2,23,24,26). The second kappa shape index (κ2) is 8.27. The van der Waals surface area contributed by atoms with Gasteiger partial charge >= 0.3 is 6.03 Å². The van der Waals surface area contributed by atoms with Crippen molar-refractivity contribution in [1.29, 1.82) is 0 Å². The van der Waals surface area contributed by atoms with Gasteiger partial charge in [-0.2, -0.15) is 0 Å². The van der Waals surface area contributed by atoms with E-state index in [-0.39, 0.29) is 11.7 Å². The Kier molecular flexibility index (Phi) is 5.83. The van der Waals surface area contributed by atoms with Crippen LogP contribution in [0.15, 0.2) is 42.5 Å². The summed E-state index contributed by atoms with van der Waals surface area (Å²) in [5.41, 5.74) is 2.52. The summed E-state index contributed by atoms with van der Waals surface area (Å²) in [4.78, 5) is 14.4. The quantitative estimate of drug-likeness (QED) is 0.865. The molecule has 0 saturated carbocycles. The van der Waals surface area contributed by atoms with Gasteiger partial charge in [0.1, 0.15) is 11.6 Å². The maximum Gasteiger partial charge on any atom is 0.319 e. The summed E-state index contributed by atoms with van der Waals surface area (Å²) in [7, 11) is 0. The van der Waals surface area contributed by atoms with Gasteiger partial charge in [0.05, 0.1) is 5.69 Å². The van der Waals surface area contributed by atoms with Crippen molar-refractivity contribution in [1.82, 2.24) is 10.2 Å². The number of urea groups is 1. The Morgan fingerprint density at radius 3 is 2.62 bits per heavy atom. The summed E-state index contributed by atoms with van der Waals surface area (Å²) in [5, 5.41) is 5.30. The van der Waals surface area contributed by atoms with Gasteiger partial charge in [0.2, 0.25) is 0 Å². The minimum atomic E-state index is -0.784. The van der Waals surface area contributed by atoms with Gasteiger partial charge in [0.15, 0.2) is 0 Å². The van der Waals surface area contributed by atoms with Crippen LogP contribution in [0.2, 0.25) is 0 Å². The molecule has 0 radical (unpaired) electrons. The van der Waals surface area contributed by atoms with Crippen molar-refractivity contribution in [3.63, 3.8) is 0 Å². The molecule has 138 valence electrons. The fourth-order valence-corrected chi connectivity index (χ4v) is 3.24. The summed E-state index contributed by atoms with van der Waals surface area (Å²) < 4.78 is 26.5. The molecule has 2 aromatic rings. The summed E-state index contributed by atoms with van der Waals surface area (Å²) in [6, 6.07) is 11.1. The van der Waals surface area contributed by atoms with Crippen molar-refractivity contribution in [2.24, 2.45) is 0 Å². The summed E-state index contributed by atoms with van der Waals surface area (Å²) in [5.74, 6) is -1.46. The molecule has 0 bridgehead atoms. The van der Waals surface area contributed by atoms with Crippen LogP contribution in [0.4, 0.5) is 19.3 Å². The number of benzene rings is 2. The van der Waals surface area contributed by atoms with Crippen molar-refractivity contribution in [2.75, 3.05) is 18.4 Å². The van der Waals surface area contributed by atoms with E-state index in [0.29, 0.717) is 0 Å². The van der Waals surface area contributed by atoms with Crippen molar-refractivity contribution in [3.05, 3.63) is 65.2 Å². The summed E-state index contributed by atoms with van der Waals surface area (Å²) in [6.07, 6.45) is 1.68. The highest BCUT2D eigenvalue weighted by Gasteiger charge is 2.21. The number of rotatable bonds is 4. The van der Waals surface area contributed by atoms with Crippen LogP contribution >= 0.6 is 0 Å². The Balaban J connectivity index is 1.45. The highest BCUT2D eigenvalue weighted by atomic mass is 19.1. The fraction of sp³-hybridized carbons (Fsp3) is 0.350. The van der Waals surface area contributed by atoms with E-state index in [1.165, 1.54) is 17.2 Å². The van der Waals surface area contributed by atoms with E-state index < -0.39 is 17.7 Å². The molecule has 26 heavy (non-hydrogen) atoms. The predicted octanol–water partition coefficient (Wildman–Crippen LogP) is 4.06. The average molecular weight is 359 g/mol. The Hall–Kier alpha value is -2.47. The zero-order valence-corrected chi connectivity index (χ0v) is 14.8. The molecule has 2 amide bonds. The first-order valence-electron chi connectivity index (χ1n) is 8.80.